The number of nitrogens with one attached hydrogen (secondary N) is 3. The average molecular weight is 865 g/mol. The molecule has 3 amide bonds. The van der Waals surface area contributed by atoms with Crippen LogP contribution in [0, 0.1) is 0 Å². The van der Waals surface area contributed by atoms with Crippen LogP contribution in [0.15, 0.2) is 50.8 Å². The van der Waals surface area contributed by atoms with Gasteiger partial charge in [0.25, 0.3) is 0 Å². The quantitative estimate of drug-likeness (QED) is 0.238. The maximum atomic E-state index is 14.0. The second-order valence-electron chi connectivity index (χ2n) is 12.8. The predicted octanol–water partition coefficient (Wildman–Crippen LogP) is 4.12. The molecule has 3 N–H and O–H groups in total. The molecule has 0 bridgehead atoms. The molecular weight excluding hydrogens is 817 g/mol. The summed E-state index contributed by atoms with van der Waals surface area (Å²) in [6.07, 6.45) is -7.87. The van der Waals surface area contributed by atoms with Gasteiger partial charge in [-0.05, 0) is 20.8 Å². The number of aromatic nitrogens is 3. The van der Waals surface area contributed by atoms with Gasteiger partial charge >= 0.3 is 35.3 Å². The first-order valence-electron chi connectivity index (χ1n) is 17.1. The van der Waals surface area contributed by atoms with Crippen LogP contribution in [0.5, 0.6) is 0 Å². The van der Waals surface area contributed by atoms with E-state index in [-0.39, 0.29) is 0 Å². The van der Waals surface area contributed by atoms with Crippen LogP contribution in [-0.4, -0.2) is 119 Å². The number of ether oxygens (including phenoxy) is 3. The smallest absolute Gasteiger partial charge is 0.409 e. The Morgan fingerprint density at radius 3 is 0.907 bits per heavy atom. The Balaban J connectivity index is 1.57. The van der Waals surface area contributed by atoms with Crippen molar-refractivity contribution in [2.75, 3.05) is 69.0 Å². The highest BCUT2D eigenvalue weighted by molar-refractivity contribution is 8.02. The number of hydrogen-bond donors (Lipinski definition) is 3. The lowest BCUT2D eigenvalue weighted by atomic mass is 10.4. The Labute approximate surface area is 339 Å². The van der Waals surface area contributed by atoms with Gasteiger partial charge in [0.2, 0.25) is 0 Å². The van der Waals surface area contributed by atoms with Crippen molar-refractivity contribution in [2.24, 2.45) is 0 Å². The summed E-state index contributed by atoms with van der Waals surface area (Å²) in [4.78, 5) is 81.1. The minimum Gasteiger partial charge on any atom is -0.444 e. The molecule has 3 fully saturated rings. The SMILES string of the molecule is C=C1CSCC(OC(=O)NC(C)n2c(=O)n(C(C)NC(=O)OC3CSCC(=C)CSC3)c(=O)n(C(C)NC(=O)OC3CSCC(=C)CSC3)c2=O)CSC1. The van der Waals surface area contributed by atoms with E-state index in [0.29, 0.717) is 48.2 Å². The Morgan fingerprint density at radius 1 is 0.500 bits per heavy atom. The van der Waals surface area contributed by atoms with Crippen LogP contribution in [-0.2, 0) is 14.2 Å². The summed E-state index contributed by atoms with van der Waals surface area (Å²) in [6, 6.07) is 0. The highest BCUT2D eigenvalue weighted by Crippen LogP contribution is 2.23. The van der Waals surface area contributed by atoms with Crippen molar-refractivity contribution in [3.8, 4) is 0 Å². The lowest BCUT2D eigenvalue weighted by Gasteiger charge is -2.26. The van der Waals surface area contributed by atoms with Crippen LogP contribution in [0.4, 0.5) is 14.4 Å². The van der Waals surface area contributed by atoms with Crippen molar-refractivity contribution >= 4 is 88.9 Å². The van der Waals surface area contributed by atoms with Gasteiger partial charge in [-0.2, -0.15) is 70.6 Å². The van der Waals surface area contributed by atoms with E-state index in [1.165, 1.54) is 20.8 Å². The van der Waals surface area contributed by atoms with Gasteiger partial charge in [0, 0.05) is 69.0 Å². The minimum atomic E-state index is -1.32. The van der Waals surface area contributed by atoms with E-state index in [9.17, 15) is 28.8 Å². The van der Waals surface area contributed by atoms with E-state index in [4.69, 9.17) is 14.2 Å². The van der Waals surface area contributed by atoms with Crippen molar-refractivity contribution in [3.63, 3.8) is 0 Å². The number of alkyl carbamates (subject to hydrolysis) is 3. The van der Waals surface area contributed by atoms with Gasteiger partial charge in [-0.25, -0.2) is 42.5 Å². The summed E-state index contributed by atoms with van der Waals surface area (Å²) in [5.74, 6) is 7.64. The maximum Gasteiger partial charge on any atom is 0.409 e. The first kappa shape index (κ1) is 44.3. The Kier molecular flexibility index (Phi) is 17.8. The molecule has 4 heterocycles. The average Bonchev–Trinajstić information content (AvgIpc) is 3.04. The minimum absolute atomic E-state index is 0.435. The zero-order valence-corrected chi connectivity index (χ0v) is 35.4. The molecule has 54 heavy (non-hydrogen) atoms. The van der Waals surface area contributed by atoms with E-state index in [0.717, 1.165) is 51.2 Å². The summed E-state index contributed by atoms with van der Waals surface area (Å²) in [7, 11) is 0. The molecule has 0 saturated carbocycles. The molecule has 0 spiro atoms. The predicted molar refractivity (Wildman–Crippen MR) is 225 cm³/mol. The monoisotopic (exact) mass is 864 g/mol. The zero-order valence-electron chi connectivity index (χ0n) is 30.5. The first-order chi connectivity index (χ1) is 25.7. The van der Waals surface area contributed by atoms with E-state index < -0.39 is 72.2 Å². The molecule has 0 aromatic carbocycles. The van der Waals surface area contributed by atoms with Crippen LogP contribution < -0.4 is 33.0 Å². The number of thioether (sulfide) groups is 6. The number of nitrogens with zero attached hydrogens (tertiary/aromatic N) is 3. The molecule has 3 aliphatic rings. The number of rotatable bonds is 9. The van der Waals surface area contributed by atoms with Crippen molar-refractivity contribution in [2.45, 2.75) is 57.6 Å². The first-order valence-corrected chi connectivity index (χ1v) is 24.0. The normalized spacial score (nSPS) is 20.4. The third-order valence-electron chi connectivity index (χ3n) is 7.86. The molecule has 3 aliphatic heterocycles. The Bertz CT molecular complexity index is 1470. The fraction of sp³-hybridized carbons (Fsp3) is 0.636. The molecule has 1 aromatic heterocycles. The van der Waals surface area contributed by atoms with Crippen LogP contribution in [0.2, 0.25) is 0 Å². The molecule has 4 rings (SSSR count). The molecule has 1 aromatic rings. The number of carbonyl (C=O) groups excluding carboxylic acids is 3. The lowest BCUT2D eigenvalue weighted by Crippen LogP contribution is -2.61. The van der Waals surface area contributed by atoms with E-state index in [2.05, 4.69) is 35.7 Å². The molecule has 0 radical (unpaired) electrons. The Morgan fingerprint density at radius 2 is 0.704 bits per heavy atom. The molecular formula is C33H48N6O9S6. The number of hydrogen-bond acceptors (Lipinski definition) is 15. The van der Waals surface area contributed by atoms with Gasteiger partial charge < -0.3 is 30.2 Å². The fourth-order valence-electron chi connectivity index (χ4n) is 5.33. The summed E-state index contributed by atoms with van der Waals surface area (Å²) in [5, 5.41) is 7.59. The highest BCUT2D eigenvalue weighted by Gasteiger charge is 2.29. The molecule has 21 heteroatoms. The third kappa shape index (κ3) is 13.3. The van der Waals surface area contributed by atoms with E-state index in [1.54, 1.807) is 70.6 Å². The molecule has 0 aliphatic carbocycles. The summed E-state index contributed by atoms with van der Waals surface area (Å²) in [5.41, 5.74) is -0.0746. The van der Waals surface area contributed by atoms with Gasteiger partial charge in [-0.15, -0.1) is 0 Å². The molecule has 3 saturated heterocycles. The van der Waals surface area contributed by atoms with Crippen LogP contribution >= 0.6 is 70.6 Å². The van der Waals surface area contributed by atoms with Crippen molar-refractivity contribution < 1.29 is 28.6 Å². The number of amides is 3. The maximum absolute atomic E-state index is 14.0. The van der Waals surface area contributed by atoms with Crippen molar-refractivity contribution in [3.05, 3.63) is 67.9 Å². The summed E-state index contributed by atoms with van der Waals surface area (Å²) >= 11 is 9.53. The number of carbonyl (C=O) groups is 3. The highest BCUT2D eigenvalue weighted by atomic mass is 32.2. The van der Waals surface area contributed by atoms with E-state index >= 15 is 0 Å². The van der Waals surface area contributed by atoms with Gasteiger partial charge in [0.15, 0.2) is 0 Å². The van der Waals surface area contributed by atoms with E-state index in [1.807, 2.05) is 0 Å². The second-order valence-corrected chi connectivity index (χ2v) is 19.0. The second kappa shape index (κ2) is 21.7. The Hall–Kier alpha value is -2.46. The molecule has 15 nitrogen and oxygen atoms in total. The van der Waals surface area contributed by atoms with Gasteiger partial charge in [0.1, 0.15) is 36.8 Å². The standard InChI is InChI=1S/C33H48N6O9S6/c1-19-7-49-13-25(14-50-8-19)46-28(40)34-22(4)37-31(43)38(23(5)35-29(41)47-26-15-51-9-20(2)10-52-16-26)33(45)39(32(37)44)24(6)36-30(42)48-27-17-53-11-21(3)12-54-18-27/h22-27H,1-3,7-18H2,4-6H3,(H,34,40)(H,35,41)(H,36,42). The van der Waals surface area contributed by atoms with Gasteiger partial charge in [0.05, 0.1) is 0 Å². The topological polar surface area (TPSA) is 181 Å². The zero-order chi connectivity index (χ0) is 39.4. The van der Waals surface area contributed by atoms with Crippen LogP contribution in [0.1, 0.15) is 39.3 Å². The van der Waals surface area contributed by atoms with Crippen LogP contribution in [0.25, 0.3) is 0 Å². The summed E-state index contributed by atoms with van der Waals surface area (Å²) < 4.78 is 18.9. The van der Waals surface area contributed by atoms with Crippen molar-refractivity contribution in [1.82, 2.24) is 29.7 Å². The largest absolute Gasteiger partial charge is 0.444 e. The van der Waals surface area contributed by atoms with Gasteiger partial charge in [-0.3, -0.25) is 0 Å². The molecule has 3 unspecified atom stereocenters. The molecule has 3 atom stereocenters. The lowest BCUT2D eigenvalue weighted by molar-refractivity contribution is 0.110. The van der Waals surface area contributed by atoms with Crippen LogP contribution in [0.3, 0.4) is 0 Å². The molecule has 300 valence electrons. The fourth-order valence-corrected chi connectivity index (χ4v) is 11.9. The van der Waals surface area contributed by atoms with Crippen molar-refractivity contribution in [1.29, 1.82) is 0 Å². The third-order valence-corrected chi connectivity index (χ3v) is 15.2. The van der Waals surface area contributed by atoms with Gasteiger partial charge in [-0.1, -0.05) is 36.5 Å². The summed E-state index contributed by atoms with van der Waals surface area (Å²) in [6.45, 7) is 16.2.